The van der Waals surface area contributed by atoms with Crippen molar-refractivity contribution in [2.24, 2.45) is 0 Å². The maximum atomic E-state index is 12.3. The van der Waals surface area contributed by atoms with Gasteiger partial charge in [-0.2, -0.15) is 9.97 Å². The van der Waals surface area contributed by atoms with Crippen LogP contribution in [0.3, 0.4) is 0 Å². The van der Waals surface area contributed by atoms with E-state index in [1.54, 1.807) is 4.90 Å². The van der Waals surface area contributed by atoms with E-state index < -0.39 is 0 Å². The number of nitrogens with zero attached hydrogens (tertiary/aromatic N) is 5. The molecule has 1 saturated heterocycles. The fourth-order valence-electron chi connectivity index (χ4n) is 2.87. The van der Waals surface area contributed by atoms with Gasteiger partial charge in [0.1, 0.15) is 0 Å². The molecule has 3 aromatic rings. The van der Waals surface area contributed by atoms with Gasteiger partial charge in [0.05, 0.1) is 5.92 Å². The van der Waals surface area contributed by atoms with Gasteiger partial charge in [-0.3, -0.25) is 4.79 Å². The predicted molar refractivity (Wildman–Crippen MR) is 84.7 cm³/mol. The molecular formula is C17H15N5O3. The molecule has 25 heavy (non-hydrogen) atoms. The number of hydrogen-bond donors (Lipinski definition) is 0. The standard InChI is InChI=1S/C17H15N5O3/c23-17(16-19-14(21-25-16)11-6-7-11)22-8-12(9-22)15-18-13(20-24-15)10-4-2-1-3-5-10/h1-5,11-12H,6-9H2. The third-order valence-electron chi connectivity index (χ3n) is 4.56. The summed E-state index contributed by atoms with van der Waals surface area (Å²) < 4.78 is 10.4. The Labute approximate surface area is 142 Å². The minimum Gasteiger partial charge on any atom is -0.339 e. The first-order chi connectivity index (χ1) is 12.3. The molecule has 1 aliphatic heterocycles. The molecule has 0 spiro atoms. The van der Waals surface area contributed by atoms with Crippen LogP contribution in [0.5, 0.6) is 0 Å². The summed E-state index contributed by atoms with van der Waals surface area (Å²) in [6.45, 7) is 1.02. The number of benzene rings is 1. The van der Waals surface area contributed by atoms with E-state index in [1.165, 1.54) is 0 Å². The van der Waals surface area contributed by atoms with Gasteiger partial charge >= 0.3 is 11.8 Å². The molecule has 8 heteroatoms. The minimum absolute atomic E-state index is 0.0414. The van der Waals surface area contributed by atoms with Gasteiger partial charge in [0.25, 0.3) is 0 Å². The molecule has 1 aliphatic carbocycles. The summed E-state index contributed by atoms with van der Waals surface area (Å²) in [5.74, 6) is 1.99. The van der Waals surface area contributed by atoms with Crippen LogP contribution in [0.2, 0.25) is 0 Å². The van der Waals surface area contributed by atoms with Crippen LogP contribution in [0.4, 0.5) is 0 Å². The van der Waals surface area contributed by atoms with Crippen molar-refractivity contribution in [1.82, 2.24) is 25.2 Å². The van der Waals surface area contributed by atoms with E-state index in [-0.39, 0.29) is 17.7 Å². The molecule has 126 valence electrons. The molecule has 2 aliphatic rings. The van der Waals surface area contributed by atoms with E-state index in [4.69, 9.17) is 9.05 Å². The number of aromatic nitrogens is 4. The fourth-order valence-corrected chi connectivity index (χ4v) is 2.87. The van der Waals surface area contributed by atoms with Gasteiger partial charge < -0.3 is 13.9 Å². The molecule has 0 N–H and O–H groups in total. The SMILES string of the molecule is O=C(c1nc(C2CC2)no1)N1CC(c2nc(-c3ccccc3)no2)C1. The van der Waals surface area contributed by atoms with Crippen LogP contribution in [0.15, 0.2) is 39.4 Å². The topological polar surface area (TPSA) is 98.2 Å². The van der Waals surface area contributed by atoms with E-state index in [1.807, 2.05) is 30.3 Å². The summed E-state index contributed by atoms with van der Waals surface area (Å²) in [5.41, 5.74) is 0.906. The minimum atomic E-state index is -0.238. The number of carbonyl (C=O) groups is 1. The Balaban J connectivity index is 1.24. The van der Waals surface area contributed by atoms with E-state index in [2.05, 4.69) is 20.3 Å². The van der Waals surface area contributed by atoms with Crippen molar-refractivity contribution in [2.45, 2.75) is 24.7 Å². The van der Waals surface area contributed by atoms with E-state index in [9.17, 15) is 4.79 Å². The zero-order valence-electron chi connectivity index (χ0n) is 13.3. The molecule has 8 nitrogen and oxygen atoms in total. The number of rotatable bonds is 4. The number of likely N-dealkylation sites (tertiary alicyclic amines) is 1. The molecule has 2 aromatic heterocycles. The van der Waals surface area contributed by atoms with Crippen molar-refractivity contribution < 1.29 is 13.8 Å². The third kappa shape index (κ3) is 2.59. The van der Waals surface area contributed by atoms with Gasteiger partial charge in [-0.25, -0.2) is 0 Å². The lowest BCUT2D eigenvalue weighted by molar-refractivity contribution is 0.0519. The van der Waals surface area contributed by atoms with Crippen LogP contribution in [0.1, 0.15) is 47.1 Å². The largest absolute Gasteiger partial charge is 0.339 e. The van der Waals surface area contributed by atoms with Crippen LogP contribution >= 0.6 is 0 Å². The monoisotopic (exact) mass is 337 g/mol. The Morgan fingerprint density at radius 2 is 1.80 bits per heavy atom. The van der Waals surface area contributed by atoms with Crippen LogP contribution in [-0.2, 0) is 0 Å². The van der Waals surface area contributed by atoms with E-state index in [0.717, 1.165) is 18.4 Å². The van der Waals surface area contributed by atoms with Crippen molar-refractivity contribution >= 4 is 5.91 Å². The molecule has 3 heterocycles. The van der Waals surface area contributed by atoms with Gasteiger partial charge in [-0.15, -0.1) is 0 Å². The second-order valence-electron chi connectivity index (χ2n) is 6.46. The van der Waals surface area contributed by atoms with Gasteiger partial charge in [0, 0.05) is 24.6 Å². The Kier molecular flexibility index (Phi) is 3.16. The lowest BCUT2D eigenvalue weighted by Crippen LogP contribution is -2.48. The Bertz CT molecular complexity index is 909. The van der Waals surface area contributed by atoms with E-state index >= 15 is 0 Å². The summed E-state index contributed by atoms with van der Waals surface area (Å²) in [6, 6.07) is 9.65. The van der Waals surface area contributed by atoms with Gasteiger partial charge in [-0.05, 0) is 12.8 Å². The summed E-state index contributed by atoms with van der Waals surface area (Å²) in [4.78, 5) is 22.6. The van der Waals surface area contributed by atoms with E-state index in [0.29, 0.717) is 36.5 Å². The van der Waals surface area contributed by atoms with Crippen molar-refractivity contribution in [2.75, 3.05) is 13.1 Å². The maximum Gasteiger partial charge on any atom is 0.316 e. The smallest absolute Gasteiger partial charge is 0.316 e. The summed E-state index contributed by atoms with van der Waals surface area (Å²) in [7, 11) is 0. The Hall–Kier alpha value is -3.03. The predicted octanol–water partition coefficient (Wildman–Crippen LogP) is 2.24. The quantitative estimate of drug-likeness (QED) is 0.720. The van der Waals surface area contributed by atoms with Gasteiger partial charge in [0.15, 0.2) is 5.82 Å². The average molecular weight is 337 g/mol. The lowest BCUT2D eigenvalue weighted by Gasteiger charge is -2.35. The molecule has 0 radical (unpaired) electrons. The van der Waals surface area contributed by atoms with Crippen molar-refractivity contribution in [1.29, 1.82) is 0 Å². The highest BCUT2D eigenvalue weighted by Gasteiger charge is 2.39. The van der Waals surface area contributed by atoms with Crippen molar-refractivity contribution in [3.05, 3.63) is 47.9 Å². The van der Waals surface area contributed by atoms with Gasteiger partial charge in [-0.1, -0.05) is 40.6 Å². The second kappa shape index (κ2) is 5.51. The zero-order chi connectivity index (χ0) is 16.8. The zero-order valence-corrected chi connectivity index (χ0v) is 13.3. The normalized spacial score (nSPS) is 17.5. The average Bonchev–Trinajstić information content (AvgIpc) is 3.14. The highest BCUT2D eigenvalue weighted by Crippen LogP contribution is 2.38. The highest BCUT2D eigenvalue weighted by atomic mass is 16.5. The van der Waals surface area contributed by atoms with Crippen LogP contribution in [-0.4, -0.2) is 44.2 Å². The molecule has 0 unspecified atom stereocenters. The molecule has 1 aromatic carbocycles. The fraction of sp³-hybridized carbons (Fsp3) is 0.353. The molecule has 1 amide bonds. The summed E-state index contributed by atoms with van der Waals surface area (Å²) >= 11 is 0. The van der Waals surface area contributed by atoms with Gasteiger partial charge in [0.2, 0.25) is 11.7 Å². The number of hydrogen-bond acceptors (Lipinski definition) is 7. The first-order valence-electron chi connectivity index (χ1n) is 8.30. The number of carbonyl (C=O) groups excluding carboxylic acids is 1. The first-order valence-corrected chi connectivity index (χ1v) is 8.30. The highest BCUT2D eigenvalue weighted by molar-refractivity contribution is 5.90. The second-order valence-corrected chi connectivity index (χ2v) is 6.46. The number of amides is 1. The van der Waals surface area contributed by atoms with Crippen LogP contribution in [0.25, 0.3) is 11.4 Å². The molecule has 2 fully saturated rings. The van der Waals surface area contributed by atoms with Crippen LogP contribution < -0.4 is 0 Å². The van der Waals surface area contributed by atoms with Crippen LogP contribution in [0, 0.1) is 0 Å². The molecule has 5 rings (SSSR count). The molecule has 0 bridgehead atoms. The molecule has 0 atom stereocenters. The van der Waals surface area contributed by atoms with Crippen molar-refractivity contribution in [3.8, 4) is 11.4 Å². The third-order valence-corrected chi connectivity index (χ3v) is 4.56. The first kappa shape index (κ1) is 14.3. The Morgan fingerprint density at radius 3 is 2.56 bits per heavy atom. The molecule has 1 saturated carbocycles. The maximum absolute atomic E-state index is 12.3. The summed E-state index contributed by atoms with van der Waals surface area (Å²) in [5, 5.41) is 7.90. The van der Waals surface area contributed by atoms with Crippen molar-refractivity contribution in [3.63, 3.8) is 0 Å². The lowest BCUT2D eigenvalue weighted by atomic mass is 10.00. The molecular weight excluding hydrogens is 322 g/mol. The summed E-state index contributed by atoms with van der Waals surface area (Å²) in [6.07, 6.45) is 2.14. The Morgan fingerprint density at radius 1 is 1.00 bits per heavy atom.